The molecule has 0 unspecified atom stereocenters. The summed E-state index contributed by atoms with van der Waals surface area (Å²) in [6.45, 7) is 4.63. The van der Waals surface area contributed by atoms with Gasteiger partial charge in [0.1, 0.15) is 12.0 Å². The van der Waals surface area contributed by atoms with Gasteiger partial charge in [-0.05, 0) is 55.1 Å². The molecular weight excluding hydrogens is 566 g/mol. The second-order valence-corrected chi connectivity index (χ2v) is 12.2. The van der Waals surface area contributed by atoms with Gasteiger partial charge in [-0.15, -0.1) is 0 Å². The van der Waals surface area contributed by atoms with Crippen LogP contribution >= 0.6 is 0 Å². The fraction of sp³-hybridized carbons (Fsp3) is 0.414. The number of nitrogens with two attached hydrogens (primary N) is 1. The Kier molecular flexibility index (Phi) is 10.7. The third-order valence-electron chi connectivity index (χ3n) is 6.41. The summed E-state index contributed by atoms with van der Waals surface area (Å²) in [6.07, 6.45) is 1.40. The standard InChI is InChI=1S/C29H37N3O9S/c1-20(2)16-32(42(35,36)24-8-9-27-28(15-24)40-19-39-27)17-26(33)25(31-29(34)41-23-10-13-37-18-23)14-21-4-6-22(7-5-21)38-12-3-11-30/h4-10,13,15,18,20,25-26,33H,3,11-12,14,16-17,19,30H2,1-2H3,(H,31,34)/t25-,26+/m0/s1. The van der Waals surface area contributed by atoms with Crippen molar-refractivity contribution in [3.63, 3.8) is 0 Å². The van der Waals surface area contributed by atoms with E-state index in [0.717, 1.165) is 12.0 Å². The van der Waals surface area contributed by atoms with E-state index in [1.54, 1.807) is 18.2 Å². The number of aliphatic hydroxyl groups excluding tert-OH is 1. The first-order chi connectivity index (χ1) is 20.2. The van der Waals surface area contributed by atoms with Gasteiger partial charge in [-0.2, -0.15) is 4.31 Å². The number of furan rings is 1. The molecule has 13 heteroatoms. The quantitative estimate of drug-likeness (QED) is 0.220. The third kappa shape index (κ3) is 8.38. The van der Waals surface area contributed by atoms with E-state index in [-0.39, 0.29) is 42.9 Å². The van der Waals surface area contributed by atoms with Crippen LogP contribution in [0.4, 0.5) is 4.79 Å². The number of hydrogen-bond donors (Lipinski definition) is 3. The Balaban J connectivity index is 1.54. The average Bonchev–Trinajstić information content (AvgIpc) is 3.65. The van der Waals surface area contributed by atoms with Crippen molar-refractivity contribution in [2.24, 2.45) is 11.7 Å². The van der Waals surface area contributed by atoms with Crippen LogP contribution in [0.2, 0.25) is 0 Å². The second-order valence-electron chi connectivity index (χ2n) is 10.2. The molecule has 0 fully saturated rings. The zero-order valence-electron chi connectivity index (χ0n) is 23.6. The average molecular weight is 604 g/mol. The Morgan fingerprint density at radius 3 is 2.52 bits per heavy atom. The molecule has 1 amide bonds. The van der Waals surface area contributed by atoms with Crippen LogP contribution in [0.5, 0.6) is 23.0 Å². The lowest BCUT2D eigenvalue weighted by Gasteiger charge is -2.30. The Morgan fingerprint density at radius 1 is 1.07 bits per heavy atom. The molecule has 0 spiro atoms. The van der Waals surface area contributed by atoms with E-state index in [9.17, 15) is 18.3 Å². The number of nitrogens with one attached hydrogen (secondary N) is 1. The molecule has 0 bridgehead atoms. The summed E-state index contributed by atoms with van der Waals surface area (Å²) in [5.74, 6) is 1.59. The molecular formula is C29H37N3O9S. The number of nitrogens with zero attached hydrogens (tertiary/aromatic N) is 1. The first-order valence-electron chi connectivity index (χ1n) is 13.7. The van der Waals surface area contributed by atoms with Gasteiger partial charge in [0, 0.05) is 25.2 Å². The minimum atomic E-state index is -4.05. The molecule has 4 rings (SSSR count). The molecule has 4 N–H and O–H groups in total. The lowest BCUT2D eigenvalue weighted by Crippen LogP contribution is -2.51. The van der Waals surface area contributed by atoms with Crippen molar-refractivity contribution in [3.8, 4) is 23.0 Å². The molecule has 42 heavy (non-hydrogen) atoms. The minimum Gasteiger partial charge on any atom is -0.494 e. The summed E-state index contributed by atoms with van der Waals surface area (Å²) in [4.78, 5) is 12.7. The number of benzene rings is 2. The maximum Gasteiger partial charge on any atom is 0.413 e. The predicted octanol–water partition coefficient (Wildman–Crippen LogP) is 3.14. The normalized spacial score (nSPS) is 14.1. The summed E-state index contributed by atoms with van der Waals surface area (Å²) < 4.78 is 55.2. The van der Waals surface area contributed by atoms with E-state index < -0.39 is 28.3 Å². The highest BCUT2D eigenvalue weighted by Crippen LogP contribution is 2.35. The second kappa shape index (κ2) is 14.4. The summed E-state index contributed by atoms with van der Waals surface area (Å²) >= 11 is 0. The van der Waals surface area contributed by atoms with E-state index in [1.807, 2.05) is 26.0 Å². The molecule has 3 aromatic rings. The van der Waals surface area contributed by atoms with Gasteiger partial charge in [0.25, 0.3) is 0 Å². The number of carbonyl (C=O) groups is 1. The van der Waals surface area contributed by atoms with Crippen LogP contribution < -0.4 is 30.0 Å². The first-order valence-corrected chi connectivity index (χ1v) is 15.1. The van der Waals surface area contributed by atoms with Crippen LogP contribution in [0, 0.1) is 5.92 Å². The Labute approximate surface area is 245 Å². The highest BCUT2D eigenvalue weighted by molar-refractivity contribution is 7.89. The lowest BCUT2D eigenvalue weighted by atomic mass is 10.0. The van der Waals surface area contributed by atoms with Crippen molar-refractivity contribution in [2.45, 2.75) is 43.7 Å². The lowest BCUT2D eigenvalue weighted by molar-refractivity contribution is 0.0991. The summed E-state index contributed by atoms with van der Waals surface area (Å²) in [6, 6.07) is 12.2. The number of rotatable bonds is 15. The maximum absolute atomic E-state index is 13.7. The van der Waals surface area contributed by atoms with E-state index in [1.165, 1.54) is 35.0 Å². The molecule has 2 heterocycles. The molecule has 0 saturated heterocycles. The largest absolute Gasteiger partial charge is 0.494 e. The SMILES string of the molecule is CC(C)CN(C[C@@H](O)[C@H](Cc1ccc(OCCCN)cc1)NC(=O)Oc1ccoc1)S(=O)(=O)c1ccc2c(c1)OCO2. The van der Waals surface area contributed by atoms with E-state index in [0.29, 0.717) is 30.4 Å². The van der Waals surface area contributed by atoms with Gasteiger partial charge in [0.15, 0.2) is 17.2 Å². The fourth-order valence-corrected chi connectivity index (χ4v) is 5.97. The molecule has 0 radical (unpaired) electrons. The topological polar surface area (TPSA) is 163 Å². The van der Waals surface area contributed by atoms with Crippen LogP contribution in [0.25, 0.3) is 0 Å². The van der Waals surface area contributed by atoms with E-state index >= 15 is 0 Å². The van der Waals surface area contributed by atoms with Crippen LogP contribution in [0.15, 0.2) is 70.4 Å². The van der Waals surface area contributed by atoms with Crippen molar-refractivity contribution in [1.82, 2.24) is 9.62 Å². The van der Waals surface area contributed by atoms with Gasteiger partial charge in [0.2, 0.25) is 16.8 Å². The van der Waals surface area contributed by atoms with Gasteiger partial charge in [-0.1, -0.05) is 26.0 Å². The smallest absolute Gasteiger partial charge is 0.413 e. The van der Waals surface area contributed by atoms with Crippen LogP contribution in [-0.4, -0.2) is 69.1 Å². The monoisotopic (exact) mass is 603 g/mol. The minimum absolute atomic E-state index is 0.00806. The maximum atomic E-state index is 13.7. The van der Waals surface area contributed by atoms with Crippen molar-refractivity contribution in [2.75, 3.05) is 33.0 Å². The van der Waals surface area contributed by atoms with Gasteiger partial charge in [-0.3, -0.25) is 0 Å². The predicted molar refractivity (Wildman–Crippen MR) is 153 cm³/mol. The van der Waals surface area contributed by atoms with Gasteiger partial charge < -0.3 is 39.5 Å². The van der Waals surface area contributed by atoms with Crippen molar-refractivity contribution < 1.29 is 41.7 Å². The molecule has 2 aromatic carbocycles. The number of hydrogen-bond acceptors (Lipinski definition) is 10. The zero-order valence-corrected chi connectivity index (χ0v) is 24.4. The Hall–Kier alpha value is -3.78. The third-order valence-corrected chi connectivity index (χ3v) is 8.24. The highest BCUT2D eigenvalue weighted by atomic mass is 32.2. The molecule has 0 saturated carbocycles. The van der Waals surface area contributed by atoms with Gasteiger partial charge >= 0.3 is 6.09 Å². The van der Waals surface area contributed by atoms with Crippen molar-refractivity contribution >= 4 is 16.1 Å². The molecule has 2 atom stereocenters. The van der Waals surface area contributed by atoms with Crippen LogP contribution in [0.3, 0.4) is 0 Å². The molecule has 12 nitrogen and oxygen atoms in total. The van der Waals surface area contributed by atoms with Crippen LogP contribution in [0.1, 0.15) is 25.8 Å². The molecule has 1 aromatic heterocycles. The molecule has 1 aliphatic heterocycles. The molecule has 0 aliphatic carbocycles. The number of amides is 1. The first kappa shape index (κ1) is 31.2. The van der Waals surface area contributed by atoms with Crippen molar-refractivity contribution in [3.05, 3.63) is 66.6 Å². The number of carbonyl (C=O) groups excluding carboxylic acids is 1. The van der Waals surface area contributed by atoms with Gasteiger partial charge in [-0.25, -0.2) is 13.2 Å². The van der Waals surface area contributed by atoms with Crippen molar-refractivity contribution in [1.29, 1.82) is 0 Å². The zero-order chi connectivity index (χ0) is 30.1. The fourth-order valence-electron chi connectivity index (χ4n) is 4.33. The van der Waals surface area contributed by atoms with E-state index in [2.05, 4.69) is 5.32 Å². The summed E-state index contributed by atoms with van der Waals surface area (Å²) in [5, 5.41) is 14.1. The number of fused-ring (bicyclic) bond motifs is 1. The number of sulfonamides is 1. The van der Waals surface area contributed by atoms with Crippen LogP contribution in [-0.2, 0) is 16.4 Å². The van der Waals surface area contributed by atoms with Gasteiger partial charge in [0.05, 0.1) is 29.9 Å². The summed E-state index contributed by atoms with van der Waals surface area (Å²) in [5.41, 5.74) is 6.30. The Bertz CT molecular complexity index is 1400. The highest BCUT2D eigenvalue weighted by Gasteiger charge is 2.32. The number of aliphatic hydroxyl groups is 1. The summed E-state index contributed by atoms with van der Waals surface area (Å²) in [7, 11) is -4.05. The Morgan fingerprint density at radius 2 is 1.83 bits per heavy atom. The van der Waals surface area contributed by atoms with E-state index in [4.69, 9.17) is 29.1 Å². The molecule has 1 aliphatic rings. The number of ether oxygens (including phenoxy) is 4. The molecule has 228 valence electrons.